The van der Waals surface area contributed by atoms with Crippen molar-refractivity contribution in [3.63, 3.8) is 0 Å². The average Bonchev–Trinajstić information content (AvgIpc) is 2.57. The van der Waals surface area contributed by atoms with E-state index in [0.717, 1.165) is 0 Å². The SMILES string of the molecule is Cc1cccc(-c2ncn(C)n2)c1F. The van der Waals surface area contributed by atoms with E-state index in [2.05, 4.69) is 10.1 Å². The second-order valence-corrected chi connectivity index (χ2v) is 3.18. The number of nitrogens with zero attached hydrogens (tertiary/aromatic N) is 3. The lowest BCUT2D eigenvalue weighted by molar-refractivity contribution is 0.620. The maximum absolute atomic E-state index is 13.6. The van der Waals surface area contributed by atoms with Crippen molar-refractivity contribution in [1.82, 2.24) is 14.8 Å². The Morgan fingerprint density at radius 1 is 1.36 bits per heavy atom. The van der Waals surface area contributed by atoms with Crippen molar-refractivity contribution in [2.75, 3.05) is 0 Å². The predicted octanol–water partition coefficient (Wildman–Crippen LogP) is 1.93. The van der Waals surface area contributed by atoms with Crippen LogP contribution in [0.1, 0.15) is 5.56 Å². The van der Waals surface area contributed by atoms with Gasteiger partial charge in [-0.1, -0.05) is 12.1 Å². The maximum Gasteiger partial charge on any atom is 0.184 e. The molecular formula is C10H10FN3. The highest BCUT2D eigenvalue weighted by atomic mass is 19.1. The molecule has 0 saturated heterocycles. The molecule has 0 spiro atoms. The molecule has 0 saturated carbocycles. The number of benzene rings is 1. The number of hydrogen-bond acceptors (Lipinski definition) is 2. The lowest BCUT2D eigenvalue weighted by atomic mass is 10.1. The van der Waals surface area contributed by atoms with E-state index in [1.54, 1.807) is 43.2 Å². The van der Waals surface area contributed by atoms with Crippen LogP contribution in [0.4, 0.5) is 4.39 Å². The van der Waals surface area contributed by atoms with E-state index in [0.29, 0.717) is 17.0 Å². The quantitative estimate of drug-likeness (QED) is 0.689. The van der Waals surface area contributed by atoms with Gasteiger partial charge in [0.2, 0.25) is 0 Å². The van der Waals surface area contributed by atoms with Crippen molar-refractivity contribution in [2.45, 2.75) is 6.92 Å². The first kappa shape index (κ1) is 8.87. The van der Waals surface area contributed by atoms with Gasteiger partial charge in [0.15, 0.2) is 5.82 Å². The van der Waals surface area contributed by atoms with Gasteiger partial charge in [0, 0.05) is 7.05 Å². The average molecular weight is 191 g/mol. The van der Waals surface area contributed by atoms with Crippen LogP contribution in [0.15, 0.2) is 24.5 Å². The zero-order chi connectivity index (χ0) is 10.1. The molecule has 1 aromatic heterocycles. The topological polar surface area (TPSA) is 30.7 Å². The largest absolute Gasteiger partial charge is 0.255 e. The third-order valence-corrected chi connectivity index (χ3v) is 2.03. The van der Waals surface area contributed by atoms with Crippen LogP contribution in [0.5, 0.6) is 0 Å². The summed E-state index contributed by atoms with van der Waals surface area (Å²) in [5.41, 5.74) is 1.06. The molecule has 4 heteroatoms. The molecule has 0 N–H and O–H groups in total. The van der Waals surface area contributed by atoms with Gasteiger partial charge in [0.1, 0.15) is 12.1 Å². The van der Waals surface area contributed by atoms with Crippen molar-refractivity contribution in [1.29, 1.82) is 0 Å². The number of aryl methyl sites for hydroxylation is 2. The standard InChI is InChI=1S/C10H10FN3/c1-7-4-3-5-8(9(7)11)10-12-6-14(2)13-10/h3-6H,1-2H3. The first-order valence-electron chi connectivity index (χ1n) is 4.29. The minimum Gasteiger partial charge on any atom is -0.255 e. The molecule has 0 unspecified atom stereocenters. The minimum absolute atomic E-state index is 0.251. The zero-order valence-corrected chi connectivity index (χ0v) is 8.03. The fourth-order valence-corrected chi connectivity index (χ4v) is 1.28. The third-order valence-electron chi connectivity index (χ3n) is 2.03. The summed E-state index contributed by atoms with van der Waals surface area (Å²) >= 11 is 0. The summed E-state index contributed by atoms with van der Waals surface area (Å²) in [5, 5.41) is 4.05. The molecule has 0 aliphatic heterocycles. The molecule has 0 atom stereocenters. The fraction of sp³-hybridized carbons (Fsp3) is 0.200. The van der Waals surface area contributed by atoms with Crippen LogP contribution in [0.3, 0.4) is 0 Å². The van der Waals surface area contributed by atoms with Gasteiger partial charge in [-0.2, -0.15) is 5.10 Å². The predicted molar refractivity (Wildman–Crippen MR) is 51.1 cm³/mol. The smallest absolute Gasteiger partial charge is 0.184 e. The first-order valence-corrected chi connectivity index (χ1v) is 4.29. The van der Waals surface area contributed by atoms with E-state index >= 15 is 0 Å². The van der Waals surface area contributed by atoms with Crippen molar-refractivity contribution in [2.24, 2.45) is 7.05 Å². The first-order chi connectivity index (χ1) is 6.68. The molecule has 3 nitrogen and oxygen atoms in total. The highest BCUT2D eigenvalue weighted by molar-refractivity contribution is 5.56. The van der Waals surface area contributed by atoms with Crippen LogP contribution >= 0.6 is 0 Å². The summed E-state index contributed by atoms with van der Waals surface area (Å²) in [4.78, 5) is 4.00. The molecule has 2 aromatic rings. The Morgan fingerprint density at radius 2 is 2.14 bits per heavy atom. The van der Waals surface area contributed by atoms with Gasteiger partial charge in [-0.3, -0.25) is 4.68 Å². The molecule has 72 valence electrons. The summed E-state index contributed by atoms with van der Waals surface area (Å²) in [6, 6.07) is 5.20. The lowest BCUT2D eigenvalue weighted by Gasteiger charge is -2.00. The molecule has 1 aromatic carbocycles. The van der Waals surface area contributed by atoms with E-state index in [1.807, 2.05) is 0 Å². The van der Waals surface area contributed by atoms with Crippen LogP contribution in [-0.4, -0.2) is 14.8 Å². The van der Waals surface area contributed by atoms with Gasteiger partial charge < -0.3 is 0 Å². The second kappa shape index (κ2) is 3.21. The molecule has 0 bridgehead atoms. The molecule has 14 heavy (non-hydrogen) atoms. The van der Waals surface area contributed by atoms with E-state index in [-0.39, 0.29) is 5.82 Å². The molecule has 0 aliphatic rings. The van der Waals surface area contributed by atoms with Crippen LogP contribution in [0, 0.1) is 12.7 Å². The molecule has 0 radical (unpaired) electrons. The molecule has 1 heterocycles. The molecule has 0 aliphatic carbocycles. The van der Waals surface area contributed by atoms with Gasteiger partial charge in [-0.25, -0.2) is 9.37 Å². The Hall–Kier alpha value is -1.71. The summed E-state index contributed by atoms with van der Waals surface area (Å²) < 4.78 is 15.2. The van der Waals surface area contributed by atoms with Crippen LogP contribution in [0.2, 0.25) is 0 Å². The summed E-state index contributed by atoms with van der Waals surface area (Å²) in [7, 11) is 1.75. The molecule has 0 fully saturated rings. The van der Waals surface area contributed by atoms with Crippen molar-refractivity contribution >= 4 is 0 Å². The number of aromatic nitrogens is 3. The maximum atomic E-state index is 13.6. The fourth-order valence-electron chi connectivity index (χ4n) is 1.28. The Kier molecular flexibility index (Phi) is 2.04. The van der Waals surface area contributed by atoms with E-state index in [1.165, 1.54) is 0 Å². The summed E-state index contributed by atoms with van der Waals surface area (Å²) in [6.07, 6.45) is 1.55. The van der Waals surface area contributed by atoms with Gasteiger partial charge in [-0.05, 0) is 18.6 Å². The van der Waals surface area contributed by atoms with Crippen molar-refractivity contribution in [3.05, 3.63) is 35.9 Å². The van der Waals surface area contributed by atoms with Crippen molar-refractivity contribution < 1.29 is 4.39 Å². The minimum atomic E-state index is -0.251. The number of rotatable bonds is 1. The van der Waals surface area contributed by atoms with Crippen LogP contribution in [0.25, 0.3) is 11.4 Å². The van der Waals surface area contributed by atoms with Crippen molar-refractivity contribution in [3.8, 4) is 11.4 Å². The third kappa shape index (κ3) is 1.39. The highest BCUT2D eigenvalue weighted by Crippen LogP contribution is 2.20. The number of hydrogen-bond donors (Lipinski definition) is 0. The number of halogens is 1. The Bertz CT molecular complexity index is 462. The Labute approximate surface area is 81.2 Å². The lowest BCUT2D eigenvalue weighted by Crippen LogP contribution is -1.92. The molecule has 2 rings (SSSR count). The normalized spacial score (nSPS) is 10.5. The van der Waals surface area contributed by atoms with Gasteiger partial charge in [0.25, 0.3) is 0 Å². The van der Waals surface area contributed by atoms with Crippen LogP contribution < -0.4 is 0 Å². The van der Waals surface area contributed by atoms with E-state index in [4.69, 9.17) is 0 Å². The molecular weight excluding hydrogens is 181 g/mol. The van der Waals surface area contributed by atoms with Gasteiger partial charge in [-0.15, -0.1) is 0 Å². The van der Waals surface area contributed by atoms with E-state index in [9.17, 15) is 4.39 Å². The Morgan fingerprint density at radius 3 is 2.79 bits per heavy atom. The second-order valence-electron chi connectivity index (χ2n) is 3.18. The highest BCUT2D eigenvalue weighted by Gasteiger charge is 2.10. The zero-order valence-electron chi connectivity index (χ0n) is 8.03. The monoisotopic (exact) mass is 191 g/mol. The van der Waals surface area contributed by atoms with Crippen LogP contribution in [-0.2, 0) is 7.05 Å². The summed E-state index contributed by atoms with van der Waals surface area (Å²) in [6.45, 7) is 1.72. The summed E-state index contributed by atoms with van der Waals surface area (Å²) in [5.74, 6) is 0.174. The van der Waals surface area contributed by atoms with Gasteiger partial charge in [0.05, 0.1) is 5.56 Å². The van der Waals surface area contributed by atoms with Gasteiger partial charge >= 0.3 is 0 Å². The van der Waals surface area contributed by atoms with E-state index < -0.39 is 0 Å². The molecule has 0 amide bonds. The Balaban J connectivity index is 2.57.